The fourth-order valence-corrected chi connectivity index (χ4v) is 15.7. The number of amidine groups is 1. The first-order valence-electron chi connectivity index (χ1n) is 19.3. The normalized spacial score (nSPS) is 17.1. The number of hydrogen-bond acceptors (Lipinski definition) is 2. The van der Waals surface area contributed by atoms with Crippen molar-refractivity contribution in [3.05, 3.63) is 193 Å². The Balaban J connectivity index is 1.29. The van der Waals surface area contributed by atoms with E-state index < -0.39 is 16.1 Å². The van der Waals surface area contributed by atoms with Crippen molar-refractivity contribution in [2.24, 2.45) is 9.98 Å². The Bertz CT molecular complexity index is 2760. The second-order valence-electron chi connectivity index (χ2n) is 16.2. The van der Waals surface area contributed by atoms with Gasteiger partial charge in [0.2, 0.25) is 0 Å². The summed E-state index contributed by atoms with van der Waals surface area (Å²) >= 11 is 0. The van der Waals surface area contributed by atoms with Gasteiger partial charge in [0.1, 0.15) is 22.2 Å². The van der Waals surface area contributed by atoms with E-state index in [0.717, 1.165) is 22.7 Å². The van der Waals surface area contributed by atoms with Gasteiger partial charge in [-0.05, 0) is 76.9 Å². The molecule has 0 fully saturated rings. The molecule has 0 aromatic heterocycles. The van der Waals surface area contributed by atoms with Crippen LogP contribution in [0, 0.1) is 0 Å². The molecule has 0 N–H and O–H groups in total. The van der Waals surface area contributed by atoms with Crippen molar-refractivity contribution in [1.82, 2.24) is 0 Å². The molecule has 0 amide bonds. The van der Waals surface area contributed by atoms with Crippen molar-refractivity contribution in [3.8, 4) is 44.5 Å². The van der Waals surface area contributed by atoms with E-state index in [9.17, 15) is 0 Å². The lowest BCUT2D eigenvalue weighted by molar-refractivity contribution is 0.878. The Hall–Kier alpha value is -5.95. The third-order valence-corrected chi connectivity index (χ3v) is 19.4. The Kier molecular flexibility index (Phi) is 7.67. The molecule has 10 rings (SSSR count). The highest BCUT2D eigenvalue weighted by molar-refractivity contribution is 7.04. The lowest BCUT2D eigenvalue weighted by Gasteiger charge is -2.29. The molecule has 55 heavy (non-hydrogen) atoms. The van der Waals surface area contributed by atoms with E-state index >= 15 is 0 Å². The number of rotatable bonds is 5. The van der Waals surface area contributed by atoms with Crippen LogP contribution in [0.15, 0.2) is 186 Å². The predicted molar refractivity (Wildman–Crippen MR) is 240 cm³/mol. The van der Waals surface area contributed by atoms with Crippen LogP contribution in [0.5, 0.6) is 0 Å². The minimum atomic E-state index is -2.05. The summed E-state index contributed by atoms with van der Waals surface area (Å²) < 4.78 is 0. The van der Waals surface area contributed by atoms with Gasteiger partial charge in [0, 0.05) is 16.7 Å². The largest absolute Gasteiger partial charge is 0.253 e. The Labute approximate surface area is 326 Å². The van der Waals surface area contributed by atoms with E-state index in [1.165, 1.54) is 76.4 Å². The van der Waals surface area contributed by atoms with E-state index in [4.69, 9.17) is 16.6 Å². The molecular weight excluding hydrogens is 697 g/mol. The minimum absolute atomic E-state index is 0.350. The Morgan fingerprint density at radius 3 is 1.60 bits per heavy atom. The van der Waals surface area contributed by atoms with Crippen molar-refractivity contribution in [2.75, 3.05) is 0 Å². The number of aliphatic imine (C=N–C) groups is 2. The maximum Gasteiger partial charge on any atom is 0.156 e. The highest BCUT2D eigenvalue weighted by Crippen LogP contribution is 2.45. The molecule has 0 bridgehead atoms. The number of benzene rings is 7. The van der Waals surface area contributed by atoms with Crippen LogP contribution in [0.25, 0.3) is 44.5 Å². The highest BCUT2D eigenvalue weighted by Gasteiger charge is 2.43. The van der Waals surface area contributed by atoms with Crippen molar-refractivity contribution in [1.29, 1.82) is 0 Å². The maximum atomic E-state index is 5.63. The van der Waals surface area contributed by atoms with Crippen LogP contribution in [0.2, 0.25) is 26.2 Å². The second kappa shape index (κ2) is 12.6. The topological polar surface area (TPSA) is 24.7 Å². The van der Waals surface area contributed by atoms with Crippen LogP contribution in [0.1, 0.15) is 22.7 Å². The minimum Gasteiger partial charge on any atom is -0.253 e. The number of fused-ring (bicyclic) bond motifs is 6. The van der Waals surface area contributed by atoms with Crippen LogP contribution < -0.4 is 20.7 Å². The molecule has 264 valence electrons. The van der Waals surface area contributed by atoms with Crippen LogP contribution in [0.4, 0.5) is 0 Å². The summed E-state index contributed by atoms with van der Waals surface area (Å²) in [5.41, 5.74) is 15.3. The zero-order valence-electron chi connectivity index (χ0n) is 31.8. The van der Waals surface area contributed by atoms with Gasteiger partial charge in [-0.2, -0.15) is 0 Å². The van der Waals surface area contributed by atoms with E-state index in [1.54, 1.807) is 0 Å². The van der Waals surface area contributed by atoms with E-state index in [2.05, 4.69) is 190 Å². The van der Waals surface area contributed by atoms with Crippen molar-refractivity contribution in [3.63, 3.8) is 0 Å². The molecular formula is C51H42N2Si2. The summed E-state index contributed by atoms with van der Waals surface area (Å²) in [6.45, 7) is 15.0. The van der Waals surface area contributed by atoms with Gasteiger partial charge >= 0.3 is 0 Å². The van der Waals surface area contributed by atoms with Gasteiger partial charge < -0.3 is 0 Å². The average Bonchev–Trinajstić information content (AvgIpc) is 3.61. The molecule has 3 aliphatic heterocycles. The third-order valence-electron chi connectivity index (χ3n) is 12.3. The molecule has 0 saturated carbocycles. The van der Waals surface area contributed by atoms with Gasteiger partial charge in [0.25, 0.3) is 0 Å². The molecule has 0 spiro atoms. The zero-order chi connectivity index (χ0) is 37.5. The van der Waals surface area contributed by atoms with E-state index in [1.807, 2.05) is 0 Å². The molecule has 1 atom stereocenters. The van der Waals surface area contributed by atoms with Crippen LogP contribution >= 0.6 is 0 Å². The first-order valence-corrected chi connectivity index (χ1v) is 25.3. The highest BCUT2D eigenvalue weighted by atomic mass is 28.3. The van der Waals surface area contributed by atoms with E-state index in [0.29, 0.717) is 0 Å². The summed E-state index contributed by atoms with van der Waals surface area (Å²) in [7, 11) is -4.06. The summed E-state index contributed by atoms with van der Waals surface area (Å²) in [6, 6.07) is 59.6. The molecule has 3 heterocycles. The van der Waals surface area contributed by atoms with Crippen molar-refractivity contribution in [2.45, 2.75) is 32.2 Å². The van der Waals surface area contributed by atoms with E-state index in [-0.39, 0.29) is 6.04 Å². The predicted octanol–water partition coefficient (Wildman–Crippen LogP) is 10.2. The molecule has 1 unspecified atom stereocenters. The second-order valence-corrected chi connectivity index (χ2v) is 24.8. The number of hydrogen-bond donors (Lipinski definition) is 0. The summed E-state index contributed by atoms with van der Waals surface area (Å²) in [6.07, 6.45) is 0. The lowest BCUT2D eigenvalue weighted by Crippen LogP contribution is -2.49. The Morgan fingerprint density at radius 1 is 0.436 bits per heavy atom. The molecule has 7 aromatic carbocycles. The standard InChI is InChI=1S/C51H42N2Si2/c1-33-49(41-31-37(34-19-9-6-10-20-34)32-45-46(41)39-25-15-17-27-42(39)55(45,4)5)52-51(36-23-13-8-14-24-36)53-50(33)48-38(35-21-11-7-12-22-35)29-30-44-47(48)40-26-16-18-28-43(40)54(44,2)3/h6-32,49H,1H2,2-5H3. The maximum absolute atomic E-state index is 5.63. The quantitative estimate of drug-likeness (QED) is 0.157. The molecule has 0 aliphatic carbocycles. The zero-order valence-corrected chi connectivity index (χ0v) is 33.8. The molecule has 4 heteroatoms. The van der Waals surface area contributed by atoms with Gasteiger partial charge in [-0.25, -0.2) is 4.99 Å². The lowest BCUT2D eigenvalue weighted by atomic mass is 9.81. The smallest absolute Gasteiger partial charge is 0.156 e. The molecule has 2 nitrogen and oxygen atoms in total. The fraction of sp³-hybridized carbons (Fsp3) is 0.0980. The summed E-state index contributed by atoms with van der Waals surface area (Å²) in [5.74, 6) is 0.744. The van der Waals surface area contributed by atoms with Crippen LogP contribution in [-0.2, 0) is 0 Å². The summed E-state index contributed by atoms with van der Waals surface area (Å²) in [5, 5.41) is 5.87. The third kappa shape index (κ3) is 5.12. The first-order chi connectivity index (χ1) is 26.7. The van der Waals surface area contributed by atoms with Crippen molar-refractivity contribution < 1.29 is 0 Å². The molecule has 0 radical (unpaired) electrons. The monoisotopic (exact) mass is 738 g/mol. The number of nitrogens with zero attached hydrogens (tertiary/aromatic N) is 2. The van der Waals surface area contributed by atoms with Gasteiger partial charge in [-0.1, -0.05) is 190 Å². The van der Waals surface area contributed by atoms with Crippen LogP contribution in [0.3, 0.4) is 0 Å². The van der Waals surface area contributed by atoms with Gasteiger partial charge in [-0.3, -0.25) is 4.99 Å². The fourth-order valence-electron chi connectivity index (χ4n) is 9.50. The molecule has 7 aromatic rings. The van der Waals surface area contributed by atoms with Crippen LogP contribution in [-0.4, -0.2) is 27.7 Å². The summed E-state index contributed by atoms with van der Waals surface area (Å²) in [4.78, 5) is 11.2. The van der Waals surface area contributed by atoms with Crippen molar-refractivity contribution >= 4 is 48.4 Å². The first kappa shape index (κ1) is 33.6. The average molecular weight is 739 g/mol. The Morgan fingerprint density at radius 2 is 0.964 bits per heavy atom. The molecule has 3 aliphatic rings. The van der Waals surface area contributed by atoms with Gasteiger partial charge in [0.05, 0.1) is 5.71 Å². The van der Waals surface area contributed by atoms with Gasteiger partial charge in [0.15, 0.2) is 5.84 Å². The molecule has 0 saturated heterocycles. The SMILES string of the molecule is C=C1C(c2c(-c3ccccc3)ccc3c2-c2ccccc2[Si]3(C)C)=NC(c2ccccc2)=NC1c1cc(-c2ccccc2)cc2c1-c1ccccc1[Si]2(C)C. The van der Waals surface area contributed by atoms with Gasteiger partial charge in [-0.15, -0.1) is 0 Å².